The first kappa shape index (κ1) is 10.1. The number of aryl methyl sites for hydroxylation is 1. The van der Waals surface area contributed by atoms with Crippen molar-refractivity contribution in [3.05, 3.63) is 41.8 Å². The summed E-state index contributed by atoms with van der Waals surface area (Å²) in [4.78, 5) is 1.22. The van der Waals surface area contributed by atoms with Gasteiger partial charge < -0.3 is 10.3 Å². The van der Waals surface area contributed by atoms with E-state index in [1.54, 1.807) is 18.0 Å². The number of nitrogens with zero attached hydrogens (tertiary/aromatic N) is 1. The van der Waals surface area contributed by atoms with E-state index in [2.05, 4.69) is 12.1 Å². The third-order valence-electron chi connectivity index (χ3n) is 2.06. The SMILES string of the molecule is Cc1cc(N)ccc1SCc1ccno1. The van der Waals surface area contributed by atoms with Crippen LogP contribution in [0.15, 0.2) is 39.9 Å². The summed E-state index contributed by atoms with van der Waals surface area (Å²) in [5, 5.41) is 3.66. The van der Waals surface area contributed by atoms with Gasteiger partial charge in [-0.2, -0.15) is 0 Å². The van der Waals surface area contributed by atoms with Gasteiger partial charge in [-0.25, -0.2) is 0 Å². The molecular weight excluding hydrogens is 208 g/mol. The fourth-order valence-corrected chi connectivity index (χ4v) is 2.20. The number of nitrogens with two attached hydrogens (primary N) is 1. The van der Waals surface area contributed by atoms with Gasteiger partial charge in [0, 0.05) is 16.6 Å². The maximum Gasteiger partial charge on any atom is 0.146 e. The quantitative estimate of drug-likeness (QED) is 0.638. The highest BCUT2D eigenvalue weighted by atomic mass is 32.2. The molecule has 0 unspecified atom stereocenters. The molecule has 0 fully saturated rings. The number of nitrogen functional groups attached to an aromatic ring is 1. The Bertz CT molecular complexity index is 440. The number of thioether (sulfide) groups is 1. The van der Waals surface area contributed by atoms with Crippen LogP contribution in [0.25, 0.3) is 0 Å². The molecule has 1 aromatic heterocycles. The highest BCUT2D eigenvalue weighted by molar-refractivity contribution is 7.98. The Morgan fingerprint density at radius 2 is 2.27 bits per heavy atom. The number of benzene rings is 1. The van der Waals surface area contributed by atoms with Crippen LogP contribution in [0.1, 0.15) is 11.3 Å². The molecule has 2 N–H and O–H groups in total. The van der Waals surface area contributed by atoms with E-state index >= 15 is 0 Å². The summed E-state index contributed by atoms with van der Waals surface area (Å²) in [5.74, 6) is 1.68. The van der Waals surface area contributed by atoms with Crippen molar-refractivity contribution in [3.63, 3.8) is 0 Å². The van der Waals surface area contributed by atoms with Crippen molar-refractivity contribution in [2.24, 2.45) is 0 Å². The van der Waals surface area contributed by atoms with Gasteiger partial charge in [0.15, 0.2) is 0 Å². The van der Waals surface area contributed by atoms with Gasteiger partial charge in [-0.3, -0.25) is 0 Å². The number of hydrogen-bond acceptors (Lipinski definition) is 4. The van der Waals surface area contributed by atoms with Gasteiger partial charge >= 0.3 is 0 Å². The number of aromatic nitrogens is 1. The molecule has 0 aliphatic rings. The van der Waals surface area contributed by atoms with Gasteiger partial charge in [-0.05, 0) is 30.7 Å². The molecule has 0 saturated heterocycles. The zero-order chi connectivity index (χ0) is 10.7. The van der Waals surface area contributed by atoms with Crippen molar-refractivity contribution in [1.29, 1.82) is 0 Å². The van der Waals surface area contributed by atoms with Crippen LogP contribution < -0.4 is 5.73 Å². The minimum atomic E-state index is 0.796. The molecule has 3 nitrogen and oxygen atoms in total. The first-order valence-electron chi connectivity index (χ1n) is 4.64. The van der Waals surface area contributed by atoms with Crippen LogP contribution in [-0.4, -0.2) is 5.16 Å². The highest BCUT2D eigenvalue weighted by Gasteiger charge is 2.02. The highest BCUT2D eigenvalue weighted by Crippen LogP contribution is 2.26. The minimum absolute atomic E-state index is 0.796. The molecule has 2 aromatic rings. The molecule has 4 heteroatoms. The van der Waals surface area contributed by atoms with Gasteiger partial charge in [0.2, 0.25) is 0 Å². The summed E-state index contributed by atoms with van der Waals surface area (Å²) in [5.41, 5.74) is 7.68. The standard InChI is InChI=1S/C11H12N2OS/c1-8-6-9(12)2-3-11(8)15-7-10-4-5-13-14-10/h2-6H,7,12H2,1H3. The van der Waals surface area contributed by atoms with Crippen molar-refractivity contribution in [2.45, 2.75) is 17.6 Å². The third-order valence-corrected chi connectivity index (χ3v) is 3.26. The smallest absolute Gasteiger partial charge is 0.146 e. The van der Waals surface area contributed by atoms with E-state index < -0.39 is 0 Å². The van der Waals surface area contributed by atoms with Gasteiger partial charge in [0.1, 0.15) is 5.76 Å². The molecule has 2 rings (SSSR count). The second kappa shape index (κ2) is 4.40. The van der Waals surface area contributed by atoms with Crippen LogP contribution in [-0.2, 0) is 5.75 Å². The fourth-order valence-electron chi connectivity index (χ4n) is 1.30. The predicted octanol–water partition coefficient (Wildman–Crippen LogP) is 2.86. The Kier molecular flexibility index (Phi) is 2.97. The lowest BCUT2D eigenvalue weighted by Crippen LogP contribution is -1.87. The second-order valence-corrected chi connectivity index (χ2v) is 4.31. The number of rotatable bonds is 3. The molecule has 0 spiro atoms. The summed E-state index contributed by atoms with van der Waals surface area (Å²) < 4.78 is 5.02. The van der Waals surface area contributed by atoms with Crippen LogP contribution in [0.4, 0.5) is 5.69 Å². The topological polar surface area (TPSA) is 52.0 Å². The van der Waals surface area contributed by atoms with Crippen LogP contribution in [0.3, 0.4) is 0 Å². The summed E-state index contributed by atoms with van der Waals surface area (Å²) >= 11 is 1.72. The van der Waals surface area contributed by atoms with Crippen molar-refractivity contribution < 1.29 is 4.52 Å². The first-order valence-corrected chi connectivity index (χ1v) is 5.63. The molecule has 15 heavy (non-hydrogen) atoms. The Hall–Kier alpha value is -1.42. The molecule has 0 amide bonds. The van der Waals surface area contributed by atoms with E-state index in [-0.39, 0.29) is 0 Å². The number of anilines is 1. The third kappa shape index (κ3) is 2.53. The first-order chi connectivity index (χ1) is 7.25. The molecule has 0 atom stereocenters. The molecular formula is C11H12N2OS. The average molecular weight is 220 g/mol. The summed E-state index contributed by atoms with van der Waals surface area (Å²) in [6.45, 7) is 2.05. The van der Waals surface area contributed by atoms with Gasteiger partial charge in [-0.15, -0.1) is 11.8 Å². The van der Waals surface area contributed by atoms with Gasteiger partial charge in [0.25, 0.3) is 0 Å². The van der Waals surface area contributed by atoms with E-state index in [9.17, 15) is 0 Å². The zero-order valence-electron chi connectivity index (χ0n) is 8.43. The lowest BCUT2D eigenvalue weighted by Gasteiger charge is -2.04. The van der Waals surface area contributed by atoms with Crippen LogP contribution in [0, 0.1) is 6.92 Å². The van der Waals surface area contributed by atoms with Crippen LogP contribution in [0.5, 0.6) is 0 Å². The molecule has 0 saturated carbocycles. The lowest BCUT2D eigenvalue weighted by molar-refractivity contribution is 0.395. The van der Waals surface area contributed by atoms with Gasteiger partial charge in [-0.1, -0.05) is 5.16 Å². The Morgan fingerprint density at radius 3 is 2.93 bits per heavy atom. The normalized spacial score (nSPS) is 10.5. The Balaban J connectivity index is 2.05. The maximum absolute atomic E-state index is 5.68. The van der Waals surface area contributed by atoms with E-state index in [0.29, 0.717) is 0 Å². The largest absolute Gasteiger partial charge is 0.399 e. The van der Waals surface area contributed by atoms with Crippen molar-refractivity contribution in [1.82, 2.24) is 5.16 Å². The molecule has 78 valence electrons. The summed E-state index contributed by atoms with van der Waals surface area (Å²) in [7, 11) is 0. The van der Waals surface area contributed by atoms with Crippen molar-refractivity contribution in [2.75, 3.05) is 5.73 Å². The van der Waals surface area contributed by atoms with Crippen molar-refractivity contribution in [3.8, 4) is 0 Å². The number of hydrogen-bond donors (Lipinski definition) is 1. The minimum Gasteiger partial charge on any atom is -0.399 e. The molecule has 1 aromatic carbocycles. The molecule has 1 heterocycles. The van der Waals surface area contributed by atoms with E-state index in [4.69, 9.17) is 10.3 Å². The average Bonchev–Trinajstić information content (AvgIpc) is 2.69. The van der Waals surface area contributed by atoms with Gasteiger partial charge in [0.05, 0.1) is 11.9 Å². The second-order valence-electron chi connectivity index (χ2n) is 3.29. The zero-order valence-corrected chi connectivity index (χ0v) is 9.25. The summed E-state index contributed by atoms with van der Waals surface area (Å²) in [6.07, 6.45) is 1.66. The Morgan fingerprint density at radius 1 is 1.40 bits per heavy atom. The summed E-state index contributed by atoms with van der Waals surface area (Å²) in [6, 6.07) is 7.80. The van der Waals surface area contributed by atoms with E-state index in [1.165, 1.54) is 10.5 Å². The molecule has 0 aliphatic heterocycles. The van der Waals surface area contributed by atoms with Crippen LogP contribution >= 0.6 is 11.8 Å². The fraction of sp³-hybridized carbons (Fsp3) is 0.182. The van der Waals surface area contributed by atoms with Crippen LogP contribution in [0.2, 0.25) is 0 Å². The molecule has 0 radical (unpaired) electrons. The molecule has 0 aliphatic carbocycles. The predicted molar refractivity (Wildman–Crippen MR) is 61.7 cm³/mol. The lowest BCUT2D eigenvalue weighted by atomic mass is 10.2. The maximum atomic E-state index is 5.68. The monoisotopic (exact) mass is 220 g/mol. The van der Waals surface area contributed by atoms with Crippen molar-refractivity contribution >= 4 is 17.4 Å². The van der Waals surface area contributed by atoms with E-state index in [0.717, 1.165) is 17.2 Å². The Labute approximate surface area is 92.6 Å². The molecule has 0 bridgehead atoms. The van der Waals surface area contributed by atoms with E-state index in [1.807, 2.05) is 24.3 Å².